The molecule has 0 bridgehead atoms. The number of primary sulfonamides is 1. The van der Waals surface area contributed by atoms with Crippen LogP contribution < -0.4 is 15.2 Å². The molecule has 0 unspecified atom stereocenters. The average molecular weight is 434 g/mol. The fraction of sp³-hybridized carbons (Fsp3) is 0.200. The van der Waals surface area contributed by atoms with E-state index in [0.717, 1.165) is 12.3 Å². The Morgan fingerprint density at radius 2 is 1.44 bits per heavy atom. The molecular weight excluding hydrogens is 414 g/mol. The summed E-state index contributed by atoms with van der Waals surface area (Å²) in [6, 6.07) is 9.52. The van der Waals surface area contributed by atoms with E-state index < -0.39 is 29.9 Å². The Bertz CT molecular complexity index is 1160. The van der Waals surface area contributed by atoms with E-state index in [1.54, 1.807) is 12.1 Å². The Morgan fingerprint density at radius 3 is 1.93 bits per heavy atom. The fourth-order valence-electron chi connectivity index (χ4n) is 2.23. The van der Waals surface area contributed by atoms with Crippen LogP contribution in [-0.4, -0.2) is 38.6 Å². The number of hydrogen-bond acceptors (Lipinski definition) is 7. The van der Waals surface area contributed by atoms with E-state index in [1.807, 2.05) is 0 Å². The molecular formula is C15H19N3O6S3. The van der Waals surface area contributed by atoms with E-state index in [9.17, 15) is 25.3 Å². The first-order chi connectivity index (χ1) is 12.3. The molecule has 148 valence electrons. The van der Waals surface area contributed by atoms with Gasteiger partial charge in [-0.15, -0.1) is 0 Å². The number of anilines is 1. The molecule has 2 aromatic rings. The summed E-state index contributed by atoms with van der Waals surface area (Å²) in [4.78, 5) is -0.415. The Hall–Kier alpha value is -1.99. The van der Waals surface area contributed by atoms with E-state index in [2.05, 4.69) is 10.0 Å². The lowest BCUT2D eigenvalue weighted by molar-refractivity contribution is 0.587. The van der Waals surface area contributed by atoms with Crippen LogP contribution in [0.4, 0.5) is 5.69 Å². The third-order valence-corrected chi connectivity index (χ3v) is 7.14. The van der Waals surface area contributed by atoms with Gasteiger partial charge >= 0.3 is 0 Å². The molecule has 4 N–H and O–H groups in total. The van der Waals surface area contributed by atoms with Gasteiger partial charge in [-0.05, 0) is 42.9 Å². The highest BCUT2D eigenvalue weighted by Gasteiger charge is 2.18. The molecule has 0 radical (unpaired) electrons. The molecule has 0 atom stereocenters. The van der Waals surface area contributed by atoms with Crippen molar-refractivity contribution < 1.29 is 25.3 Å². The summed E-state index contributed by atoms with van der Waals surface area (Å²) < 4.78 is 72.5. The van der Waals surface area contributed by atoms with Gasteiger partial charge in [0.1, 0.15) is 0 Å². The van der Waals surface area contributed by atoms with Crippen LogP contribution in [0.2, 0.25) is 0 Å². The maximum Gasteiger partial charge on any atom is 0.240 e. The topological polar surface area (TPSA) is 152 Å². The number of benzene rings is 2. The third-order valence-electron chi connectivity index (χ3n) is 3.67. The van der Waals surface area contributed by atoms with E-state index in [4.69, 9.17) is 5.14 Å². The van der Waals surface area contributed by atoms with Gasteiger partial charge in [0.25, 0.3) is 0 Å². The Balaban J connectivity index is 2.30. The van der Waals surface area contributed by atoms with Crippen LogP contribution in [0.5, 0.6) is 0 Å². The Morgan fingerprint density at radius 1 is 0.889 bits per heavy atom. The molecule has 0 saturated heterocycles. The summed E-state index contributed by atoms with van der Waals surface area (Å²) >= 11 is 0. The van der Waals surface area contributed by atoms with Gasteiger partial charge in [0, 0.05) is 12.8 Å². The first kappa shape index (κ1) is 21.3. The number of sulfonamides is 2. The summed E-state index contributed by atoms with van der Waals surface area (Å²) in [6.07, 6.45) is 0.956. The summed E-state index contributed by atoms with van der Waals surface area (Å²) in [5, 5.41) is 7.95. The molecule has 0 aliphatic rings. The van der Waals surface area contributed by atoms with Gasteiger partial charge in [-0.3, -0.25) is 0 Å². The largest absolute Gasteiger partial charge is 0.380 e. The molecule has 0 amide bonds. The molecule has 12 heteroatoms. The monoisotopic (exact) mass is 433 g/mol. The summed E-state index contributed by atoms with van der Waals surface area (Å²) in [5.41, 5.74) is 0.900. The smallest absolute Gasteiger partial charge is 0.240 e. The van der Waals surface area contributed by atoms with Crippen LogP contribution in [-0.2, 0) is 36.4 Å². The molecule has 2 aromatic carbocycles. The van der Waals surface area contributed by atoms with Crippen molar-refractivity contribution in [3.8, 4) is 0 Å². The lowest BCUT2D eigenvalue weighted by Gasteiger charge is -2.13. The first-order valence-corrected chi connectivity index (χ1v) is 12.4. The fourth-order valence-corrected chi connectivity index (χ4v) is 4.46. The second-order valence-corrected chi connectivity index (χ2v) is 11.1. The normalized spacial score (nSPS) is 12.7. The van der Waals surface area contributed by atoms with Crippen molar-refractivity contribution in [3.05, 3.63) is 48.0 Å². The van der Waals surface area contributed by atoms with Crippen molar-refractivity contribution in [1.29, 1.82) is 0 Å². The van der Waals surface area contributed by atoms with E-state index in [1.165, 1.54) is 31.3 Å². The van der Waals surface area contributed by atoms with E-state index in [0.29, 0.717) is 5.56 Å². The van der Waals surface area contributed by atoms with Gasteiger partial charge in [-0.1, -0.05) is 12.1 Å². The van der Waals surface area contributed by atoms with Crippen LogP contribution >= 0.6 is 0 Å². The highest BCUT2D eigenvalue weighted by Crippen LogP contribution is 2.25. The van der Waals surface area contributed by atoms with Gasteiger partial charge < -0.3 is 5.32 Å². The molecule has 0 fully saturated rings. The lowest BCUT2D eigenvalue weighted by atomic mass is 10.2. The molecule has 0 heterocycles. The standard InChI is InChI=1S/C15H19N3O6S3/c1-17-27(23,24)12-5-3-11(4-6-12)10-18-14-8-7-13(26(16,21)22)9-15(14)25(2,19)20/h3-9,17-18H,10H2,1-2H3,(H2,16,21,22). The van der Waals surface area contributed by atoms with Crippen molar-refractivity contribution in [2.45, 2.75) is 21.2 Å². The van der Waals surface area contributed by atoms with E-state index in [-0.39, 0.29) is 26.9 Å². The summed E-state index contributed by atoms with van der Waals surface area (Å²) in [5.74, 6) is 0. The number of nitrogens with one attached hydrogen (secondary N) is 2. The molecule has 27 heavy (non-hydrogen) atoms. The number of hydrogen-bond donors (Lipinski definition) is 3. The minimum absolute atomic E-state index is 0.100. The van der Waals surface area contributed by atoms with Crippen molar-refractivity contribution in [2.24, 2.45) is 5.14 Å². The second-order valence-electron chi connectivity index (χ2n) is 5.68. The highest BCUT2D eigenvalue weighted by atomic mass is 32.2. The molecule has 0 aromatic heterocycles. The van der Waals surface area contributed by atoms with Gasteiger partial charge in [-0.25, -0.2) is 35.1 Å². The molecule has 0 saturated carbocycles. The van der Waals surface area contributed by atoms with Crippen LogP contribution in [0.15, 0.2) is 57.2 Å². The number of nitrogens with two attached hydrogens (primary N) is 1. The lowest BCUT2D eigenvalue weighted by Crippen LogP contribution is -2.18. The molecule has 0 spiro atoms. The van der Waals surface area contributed by atoms with Gasteiger partial charge in [0.05, 0.1) is 20.4 Å². The van der Waals surface area contributed by atoms with Crippen LogP contribution in [0.3, 0.4) is 0 Å². The highest BCUT2D eigenvalue weighted by molar-refractivity contribution is 7.91. The minimum Gasteiger partial charge on any atom is -0.380 e. The second kappa shape index (κ2) is 7.56. The third kappa shape index (κ3) is 5.26. The molecule has 0 aliphatic carbocycles. The maximum absolute atomic E-state index is 12.0. The van der Waals surface area contributed by atoms with Gasteiger partial charge in [0.2, 0.25) is 20.0 Å². The SMILES string of the molecule is CNS(=O)(=O)c1ccc(CNc2ccc(S(N)(=O)=O)cc2S(C)(=O)=O)cc1. The number of rotatable bonds is 7. The van der Waals surface area contributed by atoms with Crippen molar-refractivity contribution in [2.75, 3.05) is 18.6 Å². The van der Waals surface area contributed by atoms with Gasteiger partial charge in [0.15, 0.2) is 9.84 Å². The van der Waals surface area contributed by atoms with Crippen molar-refractivity contribution in [3.63, 3.8) is 0 Å². The quantitative estimate of drug-likeness (QED) is 0.566. The van der Waals surface area contributed by atoms with Crippen molar-refractivity contribution in [1.82, 2.24) is 4.72 Å². The van der Waals surface area contributed by atoms with Gasteiger partial charge in [-0.2, -0.15) is 0 Å². The average Bonchev–Trinajstić information content (AvgIpc) is 2.58. The minimum atomic E-state index is -4.05. The zero-order chi connectivity index (χ0) is 20.5. The predicted molar refractivity (Wildman–Crippen MR) is 101 cm³/mol. The molecule has 9 nitrogen and oxygen atoms in total. The molecule has 2 rings (SSSR count). The Kier molecular flexibility index (Phi) is 5.97. The summed E-state index contributed by atoms with van der Waals surface area (Å²) in [7, 11) is -10.0. The van der Waals surface area contributed by atoms with Crippen LogP contribution in [0.1, 0.15) is 5.56 Å². The van der Waals surface area contributed by atoms with Crippen LogP contribution in [0.25, 0.3) is 0 Å². The summed E-state index contributed by atoms with van der Waals surface area (Å²) in [6.45, 7) is 0.192. The number of sulfone groups is 1. The van der Waals surface area contributed by atoms with Crippen LogP contribution in [0, 0.1) is 0 Å². The Labute approximate surface area is 158 Å². The zero-order valence-corrected chi connectivity index (χ0v) is 16.9. The molecule has 0 aliphatic heterocycles. The predicted octanol–water partition coefficient (Wildman–Crippen LogP) is 0.258. The zero-order valence-electron chi connectivity index (χ0n) is 14.5. The maximum atomic E-state index is 12.0. The first-order valence-electron chi connectivity index (χ1n) is 7.48. The van der Waals surface area contributed by atoms with E-state index >= 15 is 0 Å². The van der Waals surface area contributed by atoms with Crippen molar-refractivity contribution >= 4 is 35.6 Å².